The van der Waals surface area contributed by atoms with Crippen LogP contribution in [0, 0.1) is 0 Å². The smallest absolute Gasteiger partial charge is 0.272 e. The molecule has 1 amide bonds. The molecule has 27 heavy (non-hydrogen) atoms. The lowest BCUT2D eigenvalue weighted by Crippen LogP contribution is -2.30. The molecule has 0 aliphatic heterocycles. The Morgan fingerprint density at radius 1 is 1.30 bits per heavy atom. The third-order valence-electron chi connectivity index (χ3n) is 4.25. The van der Waals surface area contributed by atoms with Crippen LogP contribution in [0.3, 0.4) is 0 Å². The second-order valence-corrected chi connectivity index (χ2v) is 7.08. The molecule has 0 radical (unpaired) electrons. The van der Waals surface area contributed by atoms with E-state index in [1.165, 1.54) is 0 Å². The summed E-state index contributed by atoms with van der Waals surface area (Å²) in [5.41, 5.74) is 2.81. The summed E-state index contributed by atoms with van der Waals surface area (Å²) in [7, 11) is 0. The Labute approximate surface area is 160 Å². The van der Waals surface area contributed by atoms with Crippen molar-refractivity contribution in [3.8, 4) is 11.5 Å². The van der Waals surface area contributed by atoms with Gasteiger partial charge in [0.05, 0.1) is 23.3 Å². The maximum atomic E-state index is 12.7. The number of para-hydroxylation sites is 2. The van der Waals surface area contributed by atoms with Crippen LogP contribution < -0.4 is 5.32 Å². The zero-order valence-electron chi connectivity index (χ0n) is 14.7. The van der Waals surface area contributed by atoms with Crippen molar-refractivity contribution in [3.05, 3.63) is 60.2 Å². The van der Waals surface area contributed by atoms with Crippen molar-refractivity contribution < 1.29 is 9.21 Å². The fourth-order valence-corrected chi connectivity index (χ4v) is 3.35. The molecule has 0 unspecified atom stereocenters. The number of thioether (sulfide) groups is 1. The number of H-pyrrole nitrogens is 2. The Bertz CT molecular complexity index is 1000. The number of rotatable bonds is 7. The minimum atomic E-state index is -0.254. The summed E-state index contributed by atoms with van der Waals surface area (Å²) in [5, 5.41) is 9.99. The largest absolute Gasteiger partial charge is 0.463 e. The van der Waals surface area contributed by atoms with Crippen LogP contribution in [-0.4, -0.2) is 38.1 Å². The number of carbonyl (C=O) groups excluding carboxylic acids is 1. The molecule has 0 aliphatic carbocycles. The van der Waals surface area contributed by atoms with Gasteiger partial charge >= 0.3 is 0 Å². The maximum Gasteiger partial charge on any atom is 0.272 e. The van der Waals surface area contributed by atoms with Crippen LogP contribution in [0.5, 0.6) is 0 Å². The maximum absolute atomic E-state index is 12.7. The summed E-state index contributed by atoms with van der Waals surface area (Å²) in [5.74, 6) is 2.04. The lowest BCUT2D eigenvalue weighted by atomic mass is 10.2. The first-order chi connectivity index (χ1) is 13.2. The van der Waals surface area contributed by atoms with E-state index in [0.717, 1.165) is 29.0 Å². The highest BCUT2D eigenvalue weighted by Crippen LogP contribution is 2.22. The number of hydrogen-bond donors (Lipinski definition) is 3. The minimum Gasteiger partial charge on any atom is -0.463 e. The summed E-state index contributed by atoms with van der Waals surface area (Å²) in [4.78, 5) is 20.7. The fraction of sp³-hybridized carbons (Fsp3) is 0.211. The van der Waals surface area contributed by atoms with Gasteiger partial charge in [-0.25, -0.2) is 4.98 Å². The van der Waals surface area contributed by atoms with Gasteiger partial charge in [0.25, 0.3) is 5.91 Å². The van der Waals surface area contributed by atoms with E-state index < -0.39 is 0 Å². The molecule has 0 aliphatic rings. The summed E-state index contributed by atoms with van der Waals surface area (Å²) >= 11 is 1.73. The van der Waals surface area contributed by atoms with Crippen LogP contribution in [-0.2, 0) is 0 Å². The zero-order valence-corrected chi connectivity index (χ0v) is 15.5. The first kappa shape index (κ1) is 17.4. The summed E-state index contributed by atoms with van der Waals surface area (Å²) in [6.45, 7) is 0. The number of fused-ring (bicyclic) bond motifs is 1. The van der Waals surface area contributed by atoms with Gasteiger partial charge < -0.3 is 14.7 Å². The van der Waals surface area contributed by atoms with Gasteiger partial charge in [-0.05, 0) is 42.7 Å². The minimum absolute atomic E-state index is 0.221. The molecule has 0 bridgehead atoms. The number of imidazole rings is 1. The molecule has 8 heteroatoms. The van der Waals surface area contributed by atoms with Gasteiger partial charge in [0.15, 0.2) is 11.5 Å². The van der Waals surface area contributed by atoms with Crippen LogP contribution in [0.15, 0.2) is 53.1 Å². The monoisotopic (exact) mass is 381 g/mol. The van der Waals surface area contributed by atoms with Gasteiger partial charge in [0.1, 0.15) is 11.5 Å². The molecular weight excluding hydrogens is 362 g/mol. The van der Waals surface area contributed by atoms with E-state index in [2.05, 4.69) is 25.5 Å². The van der Waals surface area contributed by atoms with Crippen molar-refractivity contribution in [1.29, 1.82) is 0 Å². The van der Waals surface area contributed by atoms with Gasteiger partial charge in [0.2, 0.25) is 0 Å². The number of aromatic nitrogens is 4. The molecule has 4 rings (SSSR count). The Balaban J connectivity index is 1.55. The highest BCUT2D eigenvalue weighted by molar-refractivity contribution is 7.98. The van der Waals surface area contributed by atoms with Gasteiger partial charge in [-0.3, -0.25) is 9.89 Å². The molecule has 1 aromatic carbocycles. The van der Waals surface area contributed by atoms with Crippen LogP contribution >= 0.6 is 11.8 Å². The molecule has 3 heterocycles. The molecule has 0 saturated heterocycles. The van der Waals surface area contributed by atoms with E-state index >= 15 is 0 Å². The first-order valence-electron chi connectivity index (χ1n) is 8.58. The van der Waals surface area contributed by atoms with Gasteiger partial charge in [-0.2, -0.15) is 16.9 Å². The predicted molar refractivity (Wildman–Crippen MR) is 106 cm³/mol. The third-order valence-corrected chi connectivity index (χ3v) is 4.89. The Kier molecular flexibility index (Phi) is 4.97. The molecule has 138 valence electrons. The van der Waals surface area contributed by atoms with Crippen molar-refractivity contribution in [2.45, 2.75) is 12.5 Å². The molecule has 7 nitrogen and oxygen atoms in total. The average Bonchev–Trinajstić information content (AvgIpc) is 3.43. The summed E-state index contributed by atoms with van der Waals surface area (Å²) < 4.78 is 5.33. The molecular formula is C19H19N5O2S. The number of nitrogens with one attached hydrogen (secondary N) is 3. The standard InChI is InChI=1S/C19H19N5O2S/c1-27-10-8-14(18-20-12-5-2-3-6-13(12)21-18)22-19(25)16-11-15(23-24-16)17-7-4-9-26-17/h2-7,9,11,14H,8,10H2,1H3,(H,20,21)(H,22,25)(H,23,24)/t14-/m1/s1. The van der Waals surface area contributed by atoms with Crippen LogP contribution in [0.2, 0.25) is 0 Å². The average molecular weight is 381 g/mol. The molecule has 0 saturated carbocycles. The van der Waals surface area contributed by atoms with Crippen molar-refractivity contribution in [3.63, 3.8) is 0 Å². The normalized spacial score (nSPS) is 12.3. The van der Waals surface area contributed by atoms with E-state index in [1.54, 1.807) is 30.2 Å². The van der Waals surface area contributed by atoms with Crippen molar-refractivity contribution in [1.82, 2.24) is 25.5 Å². The van der Waals surface area contributed by atoms with E-state index in [1.807, 2.05) is 36.6 Å². The lowest BCUT2D eigenvalue weighted by molar-refractivity contribution is 0.0929. The van der Waals surface area contributed by atoms with E-state index in [0.29, 0.717) is 17.1 Å². The van der Waals surface area contributed by atoms with Crippen LogP contribution in [0.1, 0.15) is 28.8 Å². The van der Waals surface area contributed by atoms with Crippen LogP contribution in [0.4, 0.5) is 0 Å². The van der Waals surface area contributed by atoms with Crippen molar-refractivity contribution >= 4 is 28.7 Å². The van der Waals surface area contributed by atoms with E-state index in [-0.39, 0.29) is 11.9 Å². The summed E-state index contributed by atoms with van der Waals surface area (Å²) in [6.07, 6.45) is 4.39. The number of carbonyl (C=O) groups is 1. The number of furan rings is 1. The number of aromatic amines is 2. The predicted octanol–water partition coefficient (Wildman–Crippen LogP) is 3.77. The third kappa shape index (κ3) is 3.75. The topological polar surface area (TPSA) is 99.6 Å². The highest BCUT2D eigenvalue weighted by atomic mass is 32.2. The van der Waals surface area contributed by atoms with Crippen molar-refractivity contribution in [2.24, 2.45) is 0 Å². The van der Waals surface area contributed by atoms with Gasteiger partial charge in [-0.1, -0.05) is 12.1 Å². The van der Waals surface area contributed by atoms with Gasteiger partial charge in [-0.15, -0.1) is 0 Å². The molecule has 0 fully saturated rings. The quantitative estimate of drug-likeness (QED) is 0.452. The SMILES string of the molecule is CSCC[C@@H](NC(=O)c1cc(-c2ccco2)[nH]n1)c1nc2ccccc2[nH]1. The first-order valence-corrected chi connectivity index (χ1v) is 9.97. The van der Waals surface area contributed by atoms with E-state index in [4.69, 9.17) is 4.42 Å². The Morgan fingerprint density at radius 2 is 2.19 bits per heavy atom. The van der Waals surface area contributed by atoms with E-state index in [9.17, 15) is 4.79 Å². The molecule has 4 aromatic rings. The Hall–Kier alpha value is -3.00. The number of nitrogens with zero attached hydrogens (tertiary/aromatic N) is 2. The van der Waals surface area contributed by atoms with Crippen LogP contribution in [0.25, 0.3) is 22.5 Å². The summed E-state index contributed by atoms with van der Waals surface area (Å²) in [6, 6.07) is 12.9. The molecule has 3 aromatic heterocycles. The highest BCUT2D eigenvalue weighted by Gasteiger charge is 2.21. The second kappa shape index (κ2) is 7.71. The molecule has 1 atom stereocenters. The number of hydrogen-bond acceptors (Lipinski definition) is 5. The van der Waals surface area contributed by atoms with Crippen molar-refractivity contribution in [2.75, 3.05) is 12.0 Å². The molecule has 0 spiro atoms. The molecule has 3 N–H and O–H groups in total. The second-order valence-electron chi connectivity index (χ2n) is 6.09. The number of amides is 1. The zero-order chi connectivity index (χ0) is 18.6. The lowest BCUT2D eigenvalue weighted by Gasteiger charge is -2.15. The Morgan fingerprint density at radius 3 is 2.96 bits per heavy atom. The number of benzene rings is 1. The van der Waals surface area contributed by atoms with Gasteiger partial charge in [0, 0.05) is 6.07 Å². The fourth-order valence-electron chi connectivity index (χ4n) is 2.88.